The molecule has 0 unspecified atom stereocenters. The van der Waals surface area contributed by atoms with E-state index in [9.17, 15) is 4.79 Å². The highest BCUT2D eigenvalue weighted by atomic mass is 16.6. The molecule has 6 nitrogen and oxygen atoms in total. The number of benzene rings is 3. The van der Waals surface area contributed by atoms with Gasteiger partial charge >= 0.3 is 5.97 Å². The molecule has 0 aliphatic carbocycles. The number of esters is 1. The molecule has 2 aliphatic rings. The summed E-state index contributed by atoms with van der Waals surface area (Å²) >= 11 is 0. The van der Waals surface area contributed by atoms with Crippen LogP contribution in [-0.4, -0.2) is 48.3 Å². The summed E-state index contributed by atoms with van der Waals surface area (Å²) in [5.41, 5.74) is 4.98. The Morgan fingerprint density at radius 3 is 1.59 bits per heavy atom. The largest absolute Gasteiger partial charge is 0.456 e. The topological polar surface area (TPSA) is 45.3 Å². The Kier molecular flexibility index (Phi) is 4.38. The highest BCUT2D eigenvalue weighted by Crippen LogP contribution is 2.57. The Hall–Kier alpha value is -3.67. The van der Waals surface area contributed by atoms with Gasteiger partial charge < -0.3 is 24.2 Å². The molecule has 0 saturated heterocycles. The number of anilines is 3. The molecule has 0 fully saturated rings. The summed E-state index contributed by atoms with van der Waals surface area (Å²) in [6.45, 7) is 0. The molecular formula is C26H27N3O3. The summed E-state index contributed by atoms with van der Waals surface area (Å²) in [5, 5.41) is 0. The number of hydrogen-bond acceptors (Lipinski definition) is 6. The normalized spacial score (nSPS) is 14.8. The van der Waals surface area contributed by atoms with Gasteiger partial charge in [0.2, 0.25) is 0 Å². The molecule has 6 heteroatoms. The lowest BCUT2D eigenvalue weighted by Gasteiger charge is -2.37. The van der Waals surface area contributed by atoms with E-state index >= 15 is 0 Å². The summed E-state index contributed by atoms with van der Waals surface area (Å²) in [7, 11) is 11.9. The zero-order chi connectivity index (χ0) is 22.8. The third-order valence-electron chi connectivity index (χ3n) is 6.30. The molecule has 1 spiro atoms. The van der Waals surface area contributed by atoms with Crippen molar-refractivity contribution in [2.24, 2.45) is 0 Å². The zero-order valence-electron chi connectivity index (χ0n) is 19.3. The van der Waals surface area contributed by atoms with Gasteiger partial charge in [0.25, 0.3) is 0 Å². The van der Waals surface area contributed by atoms with Gasteiger partial charge in [-0.1, -0.05) is 6.07 Å². The van der Waals surface area contributed by atoms with Crippen molar-refractivity contribution >= 4 is 23.0 Å². The first-order valence-electron chi connectivity index (χ1n) is 10.6. The third kappa shape index (κ3) is 2.75. The molecule has 5 rings (SSSR count). The van der Waals surface area contributed by atoms with E-state index in [-0.39, 0.29) is 5.97 Å². The second kappa shape index (κ2) is 6.92. The first-order chi connectivity index (χ1) is 15.2. The summed E-state index contributed by atoms with van der Waals surface area (Å²) in [6, 6.07) is 18.0. The average Bonchev–Trinajstić information content (AvgIpc) is 3.06. The first-order valence-corrected chi connectivity index (χ1v) is 10.6. The van der Waals surface area contributed by atoms with E-state index in [2.05, 4.69) is 12.1 Å². The van der Waals surface area contributed by atoms with Crippen molar-refractivity contribution in [3.8, 4) is 11.5 Å². The van der Waals surface area contributed by atoms with E-state index in [4.69, 9.17) is 9.47 Å². The van der Waals surface area contributed by atoms with Crippen LogP contribution in [0.15, 0.2) is 54.6 Å². The molecule has 164 valence electrons. The molecule has 3 aromatic carbocycles. The minimum absolute atomic E-state index is 0.326. The van der Waals surface area contributed by atoms with Gasteiger partial charge in [0.15, 0.2) is 5.60 Å². The Balaban J connectivity index is 1.85. The van der Waals surface area contributed by atoms with E-state index < -0.39 is 5.60 Å². The Labute approximate surface area is 188 Å². The average molecular weight is 430 g/mol. The van der Waals surface area contributed by atoms with Gasteiger partial charge in [-0.25, -0.2) is 4.79 Å². The number of rotatable bonds is 3. The molecule has 2 aliphatic heterocycles. The summed E-state index contributed by atoms with van der Waals surface area (Å²) in [6.07, 6.45) is 0. The second-order valence-corrected chi connectivity index (χ2v) is 8.95. The summed E-state index contributed by atoms with van der Waals surface area (Å²) < 4.78 is 12.7. The predicted octanol–water partition coefficient (Wildman–Crippen LogP) is 4.45. The van der Waals surface area contributed by atoms with Crippen molar-refractivity contribution in [3.05, 3.63) is 76.9 Å². The van der Waals surface area contributed by atoms with E-state index in [1.807, 2.05) is 99.5 Å². The monoisotopic (exact) mass is 429 g/mol. The predicted molar refractivity (Wildman–Crippen MR) is 128 cm³/mol. The van der Waals surface area contributed by atoms with Crippen molar-refractivity contribution < 1.29 is 14.3 Å². The molecule has 2 heterocycles. The lowest BCUT2D eigenvalue weighted by Crippen LogP contribution is -2.33. The van der Waals surface area contributed by atoms with Gasteiger partial charge in [-0.05, 0) is 48.5 Å². The zero-order valence-corrected chi connectivity index (χ0v) is 19.3. The van der Waals surface area contributed by atoms with Crippen molar-refractivity contribution in [1.82, 2.24) is 0 Å². The van der Waals surface area contributed by atoms with Crippen LogP contribution in [0.25, 0.3) is 0 Å². The van der Waals surface area contributed by atoms with Crippen molar-refractivity contribution in [2.45, 2.75) is 5.60 Å². The second-order valence-electron chi connectivity index (χ2n) is 8.95. The summed E-state index contributed by atoms with van der Waals surface area (Å²) in [4.78, 5) is 19.3. The number of nitrogens with zero attached hydrogens (tertiary/aromatic N) is 3. The molecule has 0 aromatic heterocycles. The molecule has 0 bridgehead atoms. The lowest BCUT2D eigenvalue weighted by atomic mass is 9.77. The minimum Gasteiger partial charge on any atom is -0.456 e. The number of carbonyl (C=O) groups excluding carboxylic acids is 1. The lowest BCUT2D eigenvalue weighted by molar-refractivity contribution is 0.0224. The van der Waals surface area contributed by atoms with Crippen LogP contribution in [-0.2, 0) is 10.3 Å². The van der Waals surface area contributed by atoms with Crippen LogP contribution < -0.4 is 19.4 Å². The molecule has 32 heavy (non-hydrogen) atoms. The fourth-order valence-electron chi connectivity index (χ4n) is 4.52. The summed E-state index contributed by atoms with van der Waals surface area (Å²) in [5.74, 6) is 1.06. The molecular weight excluding hydrogens is 402 g/mol. The van der Waals surface area contributed by atoms with Gasteiger partial charge in [0.1, 0.15) is 11.5 Å². The third-order valence-corrected chi connectivity index (χ3v) is 6.30. The van der Waals surface area contributed by atoms with E-state index in [1.54, 1.807) is 0 Å². The number of fused-ring (bicyclic) bond motifs is 6. The Morgan fingerprint density at radius 2 is 1.09 bits per heavy atom. The standard InChI is InChI=1S/C26H27N3O3/c1-27(2)16-7-10-20-19(13-16)25(30)32-26(20)21-14-17(28(3)4)8-11-23(21)31-24-12-9-18(29(5)6)15-22(24)26/h7-15H,1-6H3. The van der Waals surface area contributed by atoms with Gasteiger partial charge in [0.05, 0.1) is 5.56 Å². The highest BCUT2D eigenvalue weighted by Gasteiger charge is 2.54. The maximum absolute atomic E-state index is 13.3. The van der Waals surface area contributed by atoms with Crippen LogP contribution in [0.2, 0.25) is 0 Å². The quantitative estimate of drug-likeness (QED) is 0.573. The molecule has 0 amide bonds. The van der Waals surface area contributed by atoms with Crippen LogP contribution >= 0.6 is 0 Å². The fraction of sp³-hybridized carbons (Fsp3) is 0.269. The molecule has 3 aromatic rings. The van der Waals surface area contributed by atoms with Gasteiger partial charge in [-0.3, -0.25) is 0 Å². The van der Waals surface area contributed by atoms with Gasteiger partial charge in [-0.15, -0.1) is 0 Å². The maximum Gasteiger partial charge on any atom is 0.340 e. The molecule has 0 atom stereocenters. The van der Waals surface area contributed by atoms with Crippen LogP contribution in [0.3, 0.4) is 0 Å². The van der Waals surface area contributed by atoms with Gasteiger partial charge in [-0.2, -0.15) is 0 Å². The van der Waals surface area contributed by atoms with Gasteiger partial charge in [0, 0.05) is 76.0 Å². The Morgan fingerprint density at radius 1 is 0.625 bits per heavy atom. The number of carbonyl (C=O) groups is 1. The van der Waals surface area contributed by atoms with Crippen LogP contribution in [0, 0.1) is 0 Å². The molecule has 0 radical (unpaired) electrons. The van der Waals surface area contributed by atoms with Crippen molar-refractivity contribution in [2.75, 3.05) is 57.0 Å². The number of hydrogen-bond donors (Lipinski definition) is 0. The van der Waals surface area contributed by atoms with Crippen LogP contribution in [0.5, 0.6) is 11.5 Å². The highest BCUT2D eigenvalue weighted by molar-refractivity contribution is 5.98. The van der Waals surface area contributed by atoms with E-state index in [1.165, 1.54) is 0 Å². The van der Waals surface area contributed by atoms with Crippen LogP contribution in [0.4, 0.5) is 17.1 Å². The Bertz CT molecular complexity index is 1190. The minimum atomic E-state index is -1.07. The SMILES string of the molecule is CN(C)c1ccc2c(c1)C(=O)OC21c2cc(N(C)C)ccc2Oc2ccc(N(C)C)cc21. The smallest absolute Gasteiger partial charge is 0.340 e. The van der Waals surface area contributed by atoms with Crippen molar-refractivity contribution in [3.63, 3.8) is 0 Å². The maximum atomic E-state index is 13.3. The fourth-order valence-corrected chi connectivity index (χ4v) is 4.52. The molecule has 0 saturated carbocycles. The first kappa shape index (κ1) is 20.2. The number of ether oxygens (including phenoxy) is 2. The van der Waals surface area contributed by atoms with Crippen molar-refractivity contribution in [1.29, 1.82) is 0 Å². The molecule has 0 N–H and O–H groups in total. The van der Waals surface area contributed by atoms with E-state index in [0.717, 1.165) is 33.8 Å². The van der Waals surface area contributed by atoms with Crippen LogP contribution in [0.1, 0.15) is 27.0 Å². The van der Waals surface area contributed by atoms with E-state index in [0.29, 0.717) is 17.1 Å².